The molecule has 5 rings (SSSR count). The van der Waals surface area contributed by atoms with Gasteiger partial charge >= 0.3 is 0 Å². The molecule has 1 aromatic heterocycles. The van der Waals surface area contributed by atoms with E-state index >= 15 is 0 Å². The molecule has 1 heterocycles. The second kappa shape index (κ2) is 45.2. The minimum absolute atomic E-state index is 0.0155. The van der Waals surface area contributed by atoms with E-state index in [0.717, 1.165) is 75.1 Å². The summed E-state index contributed by atoms with van der Waals surface area (Å²) < 4.78 is 6.63. The molecule has 3 aliphatic rings. The van der Waals surface area contributed by atoms with Gasteiger partial charge in [-0.25, -0.2) is 0 Å². The monoisotopic (exact) mass is 1300 g/mol. The van der Waals surface area contributed by atoms with E-state index in [0.29, 0.717) is 77.3 Å². The SMILES string of the molecule is CCCCC[C@@H](/C=C/[C@@H]1[C@@H](C/C=C\CCCC(N)=O)[C@@H](O)C[C@H]1O)OC.CCNC(=O)CCC/C=C\C[C@@H]1[C@@H](/C=C/[C@@H](O)CCc2cc(Br)c(C)s2)[C@H](O)C[C@@H]1O.CCNC(=O)CCC/C=C\C[C@@H]1[C@@H](/C=C/[C@@H](O)CCc2ccccc2)[C@H](O)C[C@@H]1O. The smallest absolute Gasteiger partial charge is 0.219 e. The normalized spacial score (nSPS) is 25.8. The van der Waals surface area contributed by atoms with Gasteiger partial charge in [0.15, 0.2) is 0 Å². The summed E-state index contributed by atoms with van der Waals surface area (Å²) in [6.07, 6.45) is 36.1. The number of aryl methyl sites for hydroxylation is 3. The van der Waals surface area contributed by atoms with Crippen molar-refractivity contribution in [1.29, 1.82) is 0 Å². The predicted octanol–water partition coefficient (Wildman–Crippen LogP) is 10.5. The van der Waals surface area contributed by atoms with Crippen molar-refractivity contribution >= 4 is 45.0 Å². The van der Waals surface area contributed by atoms with Crippen LogP contribution in [0.5, 0.6) is 0 Å². The van der Waals surface area contributed by atoms with Crippen molar-refractivity contribution in [1.82, 2.24) is 10.6 Å². The fourth-order valence-electron chi connectivity index (χ4n) is 11.7. The third-order valence-electron chi connectivity index (χ3n) is 16.8. The van der Waals surface area contributed by atoms with Crippen LogP contribution in [-0.2, 0) is 32.0 Å². The van der Waals surface area contributed by atoms with Crippen molar-refractivity contribution in [2.24, 2.45) is 41.2 Å². The number of amides is 3. The van der Waals surface area contributed by atoms with E-state index in [4.69, 9.17) is 10.5 Å². The highest BCUT2D eigenvalue weighted by atomic mass is 79.9. The number of allylic oxidation sites excluding steroid dienone is 6. The molecule has 17 heteroatoms. The zero-order valence-electron chi connectivity index (χ0n) is 52.8. The van der Waals surface area contributed by atoms with Crippen LogP contribution in [0.4, 0.5) is 0 Å². The first-order chi connectivity index (χ1) is 41.8. The maximum atomic E-state index is 11.5. The maximum absolute atomic E-state index is 11.5. The Kier molecular flexibility index (Phi) is 40.1. The molecule has 0 aliphatic heterocycles. The van der Waals surface area contributed by atoms with Gasteiger partial charge in [-0.15, -0.1) is 11.3 Å². The maximum Gasteiger partial charge on any atom is 0.219 e. The molecule has 1 aromatic carbocycles. The van der Waals surface area contributed by atoms with E-state index in [1.54, 1.807) is 30.6 Å². The number of nitrogens with two attached hydrogens (primary N) is 1. The number of hydrogen-bond acceptors (Lipinski definition) is 13. The van der Waals surface area contributed by atoms with E-state index in [1.165, 1.54) is 28.2 Å². The van der Waals surface area contributed by atoms with Crippen LogP contribution in [0.15, 0.2) is 114 Å². The Morgan fingerprint density at radius 1 is 0.609 bits per heavy atom. The summed E-state index contributed by atoms with van der Waals surface area (Å²) in [4.78, 5) is 36.1. The molecule has 3 saturated carbocycles. The molecule has 15 atom stereocenters. The highest BCUT2D eigenvalue weighted by Crippen LogP contribution is 2.39. The van der Waals surface area contributed by atoms with Crippen molar-refractivity contribution < 1.29 is 60.0 Å². The molecule has 0 unspecified atom stereocenters. The number of unbranched alkanes of at least 4 members (excludes halogenated alkanes) is 5. The number of thiophene rings is 1. The number of ether oxygens (including phenoxy) is 1. The molecular formula is C70H110BrN3O12S. The summed E-state index contributed by atoms with van der Waals surface area (Å²) in [7, 11) is 1.72. The molecule has 87 heavy (non-hydrogen) atoms. The highest BCUT2D eigenvalue weighted by Gasteiger charge is 2.41. The van der Waals surface area contributed by atoms with Crippen molar-refractivity contribution in [3.05, 3.63) is 129 Å². The molecule has 490 valence electrons. The standard InChI is InChI=1S/C25H37NO4.C24H36BrNO4S.C21H37NO4/c1-2-26-25(30)13-9-4-3-8-12-21-22(24(29)18-23(21)28)17-16-20(27)15-14-19-10-6-5-7-11-19;1-3-26-24(30)9-7-5-4-6-8-19-20(23(29)15-22(19)28)13-11-17(27)10-12-18-14-21(25)16(2)31-18;1-3-4-7-10-16(26-2)13-14-18-17(19(23)15-20(18)24)11-8-5-6-9-12-21(22)25/h3,5-8,10-11,16-17,20-24,27-29H,2,4,9,12-15,18H2,1H3,(H,26,30);4,6,11,13-14,17,19-20,22-23,27-29H,3,5,7-10,12,15H2,1-2H3,(H,26,30);5,8,13-14,16-20,23-24H,3-4,6-7,9-12,15H2,1-2H3,(H2,22,25)/b8-3-,17-16+;6-4-,13-11+;8-5-,14-13+/t20-,21+,22+,23-,24+;17-,19+,20+,22-,23+;16-,17+,18+,19-,20+/m000/s1. The Balaban J connectivity index is 0.000000343. The fourth-order valence-corrected chi connectivity index (χ4v) is 13.3. The quantitative estimate of drug-likeness (QED) is 0.0223. The number of halogens is 1. The number of aliphatic hydroxyl groups is 8. The van der Waals surface area contributed by atoms with Gasteiger partial charge in [-0.05, 0) is 156 Å². The summed E-state index contributed by atoms with van der Waals surface area (Å²) >= 11 is 5.26. The number of hydrogen-bond donors (Lipinski definition) is 11. The number of nitrogens with one attached hydrogen (secondary N) is 2. The summed E-state index contributed by atoms with van der Waals surface area (Å²) in [6, 6.07) is 12.2. The molecule has 0 bridgehead atoms. The Labute approximate surface area is 533 Å². The summed E-state index contributed by atoms with van der Waals surface area (Å²) in [6.45, 7) is 9.39. The van der Waals surface area contributed by atoms with Gasteiger partial charge in [0.05, 0.1) is 54.9 Å². The van der Waals surface area contributed by atoms with Crippen LogP contribution in [0, 0.1) is 42.4 Å². The number of benzene rings is 1. The molecule has 0 radical (unpaired) electrons. The zero-order valence-corrected chi connectivity index (χ0v) is 55.2. The van der Waals surface area contributed by atoms with Crippen molar-refractivity contribution in [3.8, 4) is 0 Å². The second-order valence-electron chi connectivity index (χ2n) is 23.7. The third kappa shape index (κ3) is 31.5. The number of aliphatic hydroxyl groups excluding tert-OH is 8. The van der Waals surface area contributed by atoms with Crippen molar-refractivity contribution in [2.45, 2.75) is 230 Å². The van der Waals surface area contributed by atoms with E-state index in [2.05, 4.69) is 46.5 Å². The fraction of sp³-hybridized carbons (Fsp3) is 0.643. The van der Waals surface area contributed by atoms with Crippen LogP contribution in [0.3, 0.4) is 0 Å². The number of carbonyl (C=O) groups excluding carboxylic acids is 3. The summed E-state index contributed by atoms with van der Waals surface area (Å²) in [5.41, 5.74) is 6.32. The van der Waals surface area contributed by atoms with Gasteiger partial charge in [0.1, 0.15) is 0 Å². The van der Waals surface area contributed by atoms with Gasteiger partial charge in [0.2, 0.25) is 17.7 Å². The largest absolute Gasteiger partial charge is 0.393 e. The minimum Gasteiger partial charge on any atom is -0.393 e. The number of rotatable bonds is 37. The van der Waals surface area contributed by atoms with Crippen LogP contribution < -0.4 is 16.4 Å². The molecule has 15 nitrogen and oxygen atoms in total. The lowest BCUT2D eigenvalue weighted by Gasteiger charge is -2.20. The average Bonchev–Trinajstić information content (AvgIpc) is 2.27. The summed E-state index contributed by atoms with van der Waals surface area (Å²) in [5, 5.41) is 88.2. The molecule has 3 fully saturated rings. The van der Waals surface area contributed by atoms with Crippen molar-refractivity contribution in [3.63, 3.8) is 0 Å². The molecular weight excluding hydrogens is 1190 g/mol. The Bertz CT molecular complexity index is 2360. The second-order valence-corrected chi connectivity index (χ2v) is 25.9. The first-order valence-electron chi connectivity index (χ1n) is 32.4. The van der Waals surface area contributed by atoms with Crippen LogP contribution in [0.25, 0.3) is 0 Å². The van der Waals surface area contributed by atoms with Gasteiger partial charge in [0, 0.05) is 90.7 Å². The molecule has 0 saturated heterocycles. The minimum atomic E-state index is -0.592. The van der Waals surface area contributed by atoms with E-state index in [-0.39, 0.29) is 59.3 Å². The molecule has 3 aliphatic carbocycles. The topological polar surface area (TPSA) is 272 Å². The van der Waals surface area contributed by atoms with Gasteiger partial charge in [-0.1, -0.05) is 129 Å². The lowest BCUT2D eigenvalue weighted by Crippen LogP contribution is -2.21. The van der Waals surface area contributed by atoms with Gasteiger partial charge in [-0.3, -0.25) is 14.4 Å². The van der Waals surface area contributed by atoms with Crippen LogP contribution in [0.2, 0.25) is 0 Å². The molecule has 12 N–H and O–H groups in total. The van der Waals surface area contributed by atoms with Crippen LogP contribution in [0.1, 0.15) is 171 Å². The van der Waals surface area contributed by atoms with Crippen molar-refractivity contribution in [2.75, 3.05) is 20.2 Å². The Morgan fingerprint density at radius 3 is 1.45 bits per heavy atom. The first-order valence-corrected chi connectivity index (χ1v) is 34.0. The number of methoxy groups -OCH3 is 1. The first kappa shape index (κ1) is 77.1. The van der Waals surface area contributed by atoms with E-state index in [9.17, 15) is 55.2 Å². The lowest BCUT2D eigenvalue weighted by molar-refractivity contribution is -0.121. The zero-order chi connectivity index (χ0) is 63.9. The predicted molar refractivity (Wildman–Crippen MR) is 354 cm³/mol. The van der Waals surface area contributed by atoms with E-state index in [1.807, 2.05) is 105 Å². The Morgan fingerprint density at radius 2 is 1.05 bits per heavy atom. The lowest BCUT2D eigenvalue weighted by atomic mass is 9.89. The molecule has 2 aromatic rings. The van der Waals surface area contributed by atoms with Gasteiger partial charge < -0.3 is 62.0 Å². The van der Waals surface area contributed by atoms with Crippen LogP contribution in [-0.4, -0.2) is 134 Å². The third-order valence-corrected chi connectivity index (χ3v) is 19.0. The van der Waals surface area contributed by atoms with E-state index < -0.39 is 48.8 Å². The molecule has 3 amide bonds. The van der Waals surface area contributed by atoms with Crippen LogP contribution >= 0.6 is 27.3 Å². The average molecular weight is 1300 g/mol. The molecule has 0 spiro atoms. The van der Waals surface area contributed by atoms with Gasteiger partial charge in [0.25, 0.3) is 0 Å². The number of carbonyl (C=O) groups is 3. The number of primary amides is 1. The van der Waals surface area contributed by atoms with Gasteiger partial charge in [-0.2, -0.15) is 0 Å². The summed E-state index contributed by atoms with van der Waals surface area (Å²) in [5.74, 6) is -0.595. The Hall–Kier alpha value is -4.11. The highest BCUT2D eigenvalue weighted by molar-refractivity contribution is 9.10.